The first-order valence-corrected chi connectivity index (χ1v) is 6.55. The zero-order valence-electron chi connectivity index (χ0n) is 10.0. The van der Waals surface area contributed by atoms with Gasteiger partial charge >= 0.3 is 0 Å². The summed E-state index contributed by atoms with van der Waals surface area (Å²) >= 11 is 3.44. The van der Waals surface area contributed by atoms with Crippen molar-refractivity contribution in [2.24, 2.45) is 0 Å². The molecule has 5 heteroatoms. The number of nitrogens with two attached hydrogens (primary N) is 1. The first kappa shape index (κ1) is 12.8. The van der Waals surface area contributed by atoms with Crippen LogP contribution in [0.2, 0.25) is 0 Å². The molecule has 1 aromatic carbocycles. The maximum Gasteiger partial charge on any atom is 0.272 e. The van der Waals surface area contributed by atoms with Gasteiger partial charge in [-0.2, -0.15) is 0 Å². The normalized spacial score (nSPS) is 10.6. The number of hydrogen-bond donors (Lipinski definition) is 2. The molecule has 18 heavy (non-hydrogen) atoms. The zero-order chi connectivity index (χ0) is 13.1. The van der Waals surface area contributed by atoms with Gasteiger partial charge in [0.15, 0.2) is 5.69 Å². The number of hydrogen-bond acceptors (Lipinski definition) is 3. The molecule has 0 bridgehead atoms. The molecule has 0 aliphatic heterocycles. The van der Waals surface area contributed by atoms with Crippen molar-refractivity contribution in [2.45, 2.75) is 13.3 Å². The van der Waals surface area contributed by atoms with E-state index in [4.69, 9.17) is 5.73 Å². The molecule has 1 heterocycles. The van der Waals surface area contributed by atoms with Gasteiger partial charge in [0.2, 0.25) is 0 Å². The Kier molecular flexibility index (Phi) is 3.81. The second kappa shape index (κ2) is 5.35. The number of nitrogen functional groups attached to an aromatic ring is 1. The lowest BCUT2D eigenvalue weighted by Gasteiger charge is -2.09. The van der Waals surface area contributed by atoms with Crippen LogP contribution in [0.3, 0.4) is 0 Å². The topological polar surface area (TPSA) is 68.0 Å². The maximum absolute atomic E-state index is 11.9. The third kappa shape index (κ3) is 2.31. The number of carbonyl (C=O) groups excluding carboxylic acids is 1. The number of fused-ring (bicyclic) bond motifs is 1. The Morgan fingerprint density at radius 2 is 2.22 bits per heavy atom. The number of aromatic nitrogens is 1. The fraction of sp³-hybridized carbons (Fsp3) is 0.231. The highest BCUT2D eigenvalue weighted by atomic mass is 79.9. The number of anilines is 1. The fourth-order valence-corrected chi connectivity index (χ4v) is 2.20. The molecule has 0 saturated carbocycles. The largest absolute Gasteiger partial charge is 0.396 e. The molecule has 4 nitrogen and oxygen atoms in total. The molecule has 2 rings (SSSR count). The van der Waals surface area contributed by atoms with Crippen molar-refractivity contribution in [2.75, 3.05) is 12.3 Å². The third-order valence-corrected chi connectivity index (χ3v) is 3.36. The highest BCUT2D eigenvalue weighted by Crippen LogP contribution is 2.28. The predicted molar refractivity (Wildman–Crippen MR) is 76.5 cm³/mol. The number of pyridine rings is 1. The van der Waals surface area contributed by atoms with E-state index in [1.165, 1.54) is 0 Å². The Bertz CT molecular complexity index is 598. The lowest BCUT2D eigenvalue weighted by molar-refractivity contribution is 0.0950. The van der Waals surface area contributed by atoms with Crippen molar-refractivity contribution in [3.05, 3.63) is 34.6 Å². The predicted octanol–water partition coefficient (Wildman–Crippen LogP) is 2.72. The standard InChI is InChI=1S/C13H14BrN3O/c1-2-6-16-13(18)12-11(15)8-4-3-5-10(14)9(8)7-17-12/h3-5,7H,2,6,15H2,1H3,(H,16,18). The molecule has 0 atom stereocenters. The minimum absolute atomic E-state index is 0.226. The van der Waals surface area contributed by atoms with Crippen molar-refractivity contribution in [1.82, 2.24) is 10.3 Å². The Labute approximate surface area is 114 Å². The fourth-order valence-electron chi connectivity index (χ4n) is 1.73. The summed E-state index contributed by atoms with van der Waals surface area (Å²) in [5, 5.41) is 4.51. The van der Waals surface area contributed by atoms with Gasteiger partial charge in [0.05, 0.1) is 5.69 Å². The average Bonchev–Trinajstić information content (AvgIpc) is 2.37. The van der Waals surface area contributed by atoms with E-state index in [2.05, 4.69) is 26.2 Å². The van der Waals surface area contributed by atoms with Gasteiger partial charge in [0.1, 0.15) is 0 Å². The summed E-state index contributed by atoms with van der Waals surface area (Å²) in [5.74, 6) is -0.226. The van der Waals surface area contributed by atoms with Crippen LogP contribution >= 0.6 is 15.9 Å². The first-order chi connectivity index (χ1) is 8.65. The molecule has 3 N–H and O–H groups in total. The molecule has 0 saturated heterocycles. The van der Waals surface area contributed by atoms with E-state index in [1.807, 2.05) is 25.1 Å². The van der Waals surface area contributed by atoms with Crippen molar-refractivity contribution in [3.63, 3.8) is 0 Å². The van der Waals surface area contributed by atoms with Crippen LogP contribution < -0.4 is 11.1 Å². The summed E-state index contributed by atoms with van der Waals surface area (Å²) in [6, 6.07) is 5.69. The van der Waals surface area contributed by atoms with Crippen LogP contribution in [0.4, 0.5) is 5.69 Å². The Hall–Kier alpha value is -1.62. The monoisotopic (exact) mass is 307 g/mol. The quantitative estimate of drug-likeness (QED) is 0.916. The highest BCUT2D eigenvalue weighted by molar-refractivity contribution is 9.10. The van der Waals surface area contributed by atoms with E-state index in [0.29, 0.717) is 12.2 Å². The minimum atomic E-state index is -0.226. The Morgan fingerprint density at radius 1 is 1.44 bits per heavy atom. The molecule has 0 radical (unpaired) electrons. The number of halogens is 1. The average molecular weight is 308 g/mol. The summed E-state index contributed by atoms with van der Waals surface area (Å²) in [4.78, 5) is 16.0. The molecule has 0 aliphatic carbocycles. The van der Waals surface area contributed by atoms with Gasteiger partial charge < -0.3 is 11.1 Å². The second-order valence-electron chi connectivity index (χ2n) is 3.98. The number of amides is 1. The van der Waals surface area contributed by atoms with Crippen LogP contribution in [-0.2, 0) is 0 Å². The van der Waals surface area contributed by atoms with E-state index in [1.54, 1.807) is 6.20 Å². The maximum atomic E-state index is 11.9. The Morgan fingerprint density at radius 3 is 2.94 bits per heavy atom. The van der Waals surface area contributed by atoms with E-state index in [-0.39, 0.29) is 11.6 Å². The molecular weight excluding hydrogens is 294 g/mol. The summed E-state index contributed by atoms with van der Waals surface area (Å²) in [6.07, 6.45) is 2.54. The van der Waals surface area contributed by atoms with Gasteiger partial charge in [0, 0.05) is 28.0 Å². The van der Waals surface area contributed by atoms with Crippen LogP contribution in [-0.4, -0.2) is 17.4 Å². The SMILES string of the molecule is CCCNC(=O)c1ncc2c(Br)cccc2c1N. The third-order valence-electron chi connectivity index (χ3n) is 2.67. The van der Waals surface area contributed by atoms with Crippen LogP contribution in [0.5, 0.6) is 0 Å². The van der Waals surface area contributed by atoms with Gasteiger partial charge in [0.25, 0.3) is 5.91 Å². The van der Waals surface area contributed by atoms with Crippen molar-refractivity contribution in [3.8, 4) is 0 Å². The summed E-state index contributed by atoms with van der Waals surface area (Å²) in [7, 11) is 0. The summed E-state index contributed by atoms with van der Waals surface area (Å²) in [5.41, 5.74) is 6.72. The lowest BCUT2D eigenvalue weighted by Crippen LogP contribution is -2.26. The number of nitrogens with one attached hydrogen (secondary N) is 1. The van der Waals surface area contributed by atoms with Gasteiger partial charge in [-0.3, -0.25) is 4.79 Å². The second-order valence-corrected chi connectivity index (χ2v) is 4.83. The number of carbonyl (C=O) groups is 1. The van der Waals surface area contributed by atoms with E-state index in [0.717, 1.165) is 21.7 Å². The van der Waals surface area contributed by atoms with E-state index >= 15 is 0 Å². The van der Waals surface area contributed by atoms with Crippen LogP contribution in [0, 0.1) is 0 Å². The highest BCUT2D eigenvalue weighted by Gasteiger charge is 2.14. The molecular formula is C13H14BrN3O. The molecule has 0 fully saturated rings. The van der Waals surface area contributed by atoms with Gasteiger partial charge in [-0.15, -0.1) is 0 Å². The molecule has 0 unspecified atom stereocenters. The zero-order valence-corrected chi connectivity index (χ0v) is 11.6. The van der Waals surface area contributed by atoms with Gasteiger partial charge in [-0.25, -0.2) is 4.98 Å². The number of nitrogens with zero attached hydrogens (tertiary/aromatic N) is 1. The van der Waals surface area contributed by atoms with Gasteiger partial charge in [-0.1, -0.05) is 35.0 Å². The lowest BCUT2D eigenvalue weighted by atomic mass is 10.1. The summed E-state index contributed by atoms with van der Waals surface area (Å²) < 4.78 is 0.916. The molecule has 0 aliphatic rings. The van der Waals surface area contributed by atoms with Crippen LogP contribution in [0.25, 0.3) is 10.8 Å². The summed E-state index contributed by atoms with van der Waals surface area (Å²) in [6.45, 7) is 2.62. The van der Waals surface area contributed by atoms with E-state index in [9.17, 15) is 4.79 Å². The van der Waals surface area contributed by atoms with Crippen molar-refractivity contribution >= 4 is 38.3 Å². The Balaban J connectivity index is 2.48. The molecule has 1 amide bonds. The molecule has 94 valence electrons. The van der Waals surface area contributed by atoms with Gasteiger partial charge in [-0.05, 0) is 12.5 Å². The molecule has 2 aromatic rings. The van der Waals surface area contributed by atoms with Crippen LogP contribution in [0.1, 0.15) is 23.8 Å². The number of rotatable bonds is 3. The van der Waals surface area contributed by atoms with E-state index < -0.39 is 0 Å². The molecule has 1 aromatic heterocycles. The molecule has 0 spiro atoms. The van der Waals surface area contributed by atoms with Crippen molar-refractivity contribution in [1.29, 1.82) is 0 Å². The minimum Gasteiger partial charge on any atom is -0.396 e. The first-order valence-electron chi connectivity index (χ1n) is 5.76. The van der Waals surface area contributed by atoms with Crippen LogP contribution in [0.15, 0.2) is 28.9 Å². The van der Waals surface area contributed by atoms with Crippen molar-refractivity contribution < 1.29 is 4.79 Å². The smallest absolute Gasteiger partial charge is 0.272 e. The number of benzene rings is 1.